The van der Waals surface area contributed by atoms with Gasteiger partial charge in [-0.25, -0.2) is 0 Å². The highest BCUT2D eigenvalue weighted by Crippen LogP contribution is 2.29. The Labute approximate surface area is 103 Å². The van der Waals surface area contributed by atoms with Gasteiger partial charge in [-0.3, -0.25) is 4.79 Å². The first kappa shape index (κ1) is 14.4. The number of nitrogens with two attached hydrogens (primary N) is 1. The number of methoxy groups -OCH3 is 1. The number of ether oxygens (including phenoxy) is 2. The van der Waals surface area contributed by atoms with Gasteiger partial charge in [-0.2, -0.15) is 0 Å². The van der Waals surface area contributed by atoms with Crippen LogP contribution < -0.4 is 11.1 Å². The van der Waals surface area contributed by atoms with Crippen LogP contribution >= 0.6 is 0 Å². The van der Waals surface area contributed by atoms with Crippen molar-refractivity contribution < 1.29 is 14.3 Å². The number of rotatable bonds is 5. The second kappa shape index (κ2) is 5.80. The number of amides is 1. The summed E-state index contributed by atoms with van der Waals surface area (Å²) in [6.45, 7) is 5.95. The van der Waals surface area contributed by atoms with Crippen molar-refractivity contribution in [2.75, 3.05) is 33.4 Å². The summed E-state index contributed by atoms with van der Waals surface area (Å²) in [5, 5.41) is 2.94. The molecule has 100 valence electrons. The Balaban J connectivity index is 2.55. The Kier molecular flexibility index (Phi) is 4.91. The van der Waals surface area contributed by atoms with Crippen molar-refractivity contribution in [3.63, 3.8) is 0 Å². The molecule has 0 radical (unpaired) electrons. The van der Waals surface area contributed by atoms with E-state index in [4.69, 9.17) is 15.2 Å². The summed E-state index contributed by atoms with van der Waals surface area (Å²) in [5.41, 5.74) is 4.96. The zero-order valence-electron chi connectivity index (χ0n) is 11.0. The molecule has 1 rings (SSSR count). The molecule has 5 heteroatoms. The molecule has 0 bridgehead atoms. The summed E-state index contributed by atoms with van der Waals surface area (Å²) in [6, 6.07) is 0. The summed E-state index contributed by atoms with van der Waals surface area (Å²) in [6.07, 6.45) is 1.39. The van der Waals surface area contributed by atoms with Gasteiger partial charge < -0.3 is 20.5 Å². The standard InChI is InChI=1S/C12H24N2O3/c1-11(2,16-3)9-14-10(15)12(8-13)4-6-17-7-5-12/h4-9,13H2,1-3H3,(H,14,15). The Morgan fingerprint density at radius 1 is 1.47 bits per heavy atom. The van der Waals surface area contributed by atoms with Gasteiger partial charge in [0.05, 0.1) is 11.0 Å². The van der Waals surface area contributed by atoms with E-state index >= 15 is 0 Å². The predicted octanol–water partition coefficient (Wildman–Crippen LogP) is 0.283. The molecule has 1 saturated heterocycles. The van der Waals surface area contributed by atoms with Crippen LogP contribution in [0.5, 0.6) is 0 Å². The molecule has 1 aliphatic heterocycles. The van der Waals surface area contributed by atoms with Crippen molar-refractivity contribution >= 4 is 5.91 Å². The van der Waals surface area contributed by atoms with Crippen molar-refractivity contribution in [3.8, 4) is 0 Å². The molecule has 3 N–H and O–H groups in total. The molecular formula is C12H24N2O3. The largest absolute Gasteiger partial charge is 0.381 e. The van der Waals surface area contributed by atoms with E-state index < -0.39 is 5.41 Å². The van der Waals surface area contributed by atoms with E-state index in [1.54, 1.807) is 7.11 Å². The minimum absolute atomic E-state index is 0.0217. The lowest BCUT2D eigenvalue weighted by molar-refractivity contribution is -0.137. The molecule has 1 amide bonds. The van der Waals surface area contributed by atoms with Gasteiger partial charge in [0.2, 0.25) is 5.91 Å². The van der Waals surface area contributed by atoms with Crippen LogP contribution in [-0.4, -0.2) is 44.9 Å². The molecule has 1 fully saturated rings. The quantitative estimate of drug-likeness (QED) is 0.728. The van der Waals surface area contributed by atoms with Crippen LogP contribution in [0.2, 0.25) is 0 Å². The molecule has 5 nitrogen and oxygen atoms in total. The first-order valence-electron chi connectivity index (χ1n) is 6.07. The molecule has 0 aromatic heterocycles. The second-order valence-corrected chi connectivity index (χ2v) is 5.24. The Bertz CT molecular complexity index is 260. The van der Waals surface area contributed by atoms with Gasteiger partial charge >= 0.3 is 0 Å². The van der Waals surface area contributed by atoms with Crippen molar-refractivity contribution in [3.05, 3.63) is 0 Å². The molecule has 0 aromatic rings. The van der Waals surface area contributed by atoms with Crippen LogP contribution in [0.15, 0.2) is 0 Å². The van der Waals surface area contributed by atoms with Crippen molar-refractivity contribution in [2.24, 2.45) is 11.1 Å². The van der Waals surface area contributed by atoms with Crippen LogP contribution in [0.1, 0.15) is 26.7 Å². The normalized spacial score (nSPS) is 20.0. The maximum atomic E-state index is 12.2. The summed E-state index contributed by atoms with van der Waals surface area (Å²) < 4.78 is 10.6. The minimum atomic E-state index is -0.456. The van der Waals surface area contributed by atoms with Crippen LogP contribution in [0.3, 0.4) is 0 Å². The molecule has 0 saturated carbocycles. The Hall–Kier alpha value is -0.650. The molecule has 0 aromatic carbocycles. The maximum Gasteiger partial charge on any atom is 0.227 e. The monoisotopic (exact) mass is 244 g/mol. The summed E-state index contributed by atoms with van der Waals surface area (Å²) in [5.74, 6) is 0.0217. The lowest BCUT2D eigenvalue weighted by Gasteiger charge is -2.35. The first-order chi connectivity index (χ1) is 7.96. The van der Waals surface area contributed by atoms with E-state index in [-0.39, 0.29) is 11.5 Å². The Morgan fingerprint density at radius 3 is 2.53 bits per heavy atom. The highest BCUT2D eigenvalue weighted by Gasteiger charge is 2.39. The van der Waals surface area contributed by atoms with Gasteiger partial charge in [0.1, 0.15) is 0 Å². The average Bonchev–Trinajstić information content (AvgIpc) is 2.37. The Morgan fingerprint density at radius 2 is 2.06 bits per heavy atom. The van der Waals surface area contributed by atoms with Crippen molar-refractivity contribution in [1.82, 2.24) is 5.32 Å². The van der Waals surface area contributed by atoms with E-state index in [2.05, 4.69) is 5.32 Å². The van der Waals surface area contributed by atoms with Crippen LogP contribution in [0.4, 0.5) is 0 Å². The van der Waals surface area contributed by atoms with Gasteiger partial charge in [-0.15, -0.1) is 0 Å². The molecule has 0 unspecified atom stereocenters. The fourth-order valence-corrected chi connectivity index (χ4v) is 1.84. The number of carbonyl (C=O) groups is 1. The van der Waals surface area contributed by atoms with Gasteiger partial charge in [0, 0.05) is 33.4 Å². The third kappa shape index (κ3) is 3.66. The fraction of sp³-hybridized carbons (Fsp3) is 0.917. The van der Waals surface area contributed by atoms with Crippen LogP contribution in [0.25, 0.3) is 0 Å². The lowest BCUT2D eigenvalue weighted by Crippen LogP contribution is -2.52. The van der Waals surface area contributed by atoms with E-state index in [0.717, 1.165) is 0 Å². The van der Waals surface area contributed by atoms with Gasteiger partial charge in [0.25, 0.3) is 0 Å². The van der Waals surface area contributed by atoms with Gasteiger partial charge in [-0.05, 0) is 26.7 Å². The highest BCUT2D eigenvalue weighted by atomic mass is 16.5. The third-order valence-corrected chi connectivity index (χ3v) is 3.55. The van der Waals surface area contributed by atoms with Crippen LogP contribution in [-0.2, 0) is 14.3 Å². The third-order valence-electron chi connectivity index (χ3n) is 3.55. The average molecular weight is 244 g/mol. The maximum absolute atomic E-state index is 12.2. The zero-order chi connectivity index (χ0) is 12.9. The molecule has 1 aliphatic rings. The van der Waals surface area contributed by atoms with Crippen LogP contribution in [0, 0.1) is 5.41 Å². The molecule has 17 heavy (non-hydrogen) atoms. The molecular weight excluding hydrogens is 220 g/mol. The predicted molar refractivity (Wildman–Crippen MR) is 65.6 cm³/mol. The minimum Gasteiger partial charge on any atom is -0.381 e. The number of hydrogen-bond acceptors (Lipinski definition) is 4. The number of nitrogens with one attached hydrogen (secondary N) is 1. The van der Waals surface area contributed by atoms with E-state index in [1.165, 1.54) is 0 Å². The topological polar surface area (TPSA) is 73.6 Å². The first-order valence-corrected chi connectivity index (χ1v) is 6.07. The van der Waals surface area contributed by atoms with Crippen molar-refractivity contribution in [1.29, 1.82) is 0 Å². The molecule has 0 spiro atoms. The van der Waals surface area contributed by atoms with Gasteiger partial charge in [0.15, 0.2) is 0 Å². The fourth-order valence-electron chi connectivity index (χ4n) is 1.84. The number of hydrogen-bond donors (Lipinski definition) is 2. The van der Waals surface area contributed by atoms with Crippen molar-refractivity contribution in [2.45, 2.75) is 32.3 Å². The van der Waals surface area contributed by atoms with E-state index in [0.29, 0.717) is 39.1 Å². The highest BCUT2D eigenvalue weighted by molar-refractivity contribution is 5.83. The summed E-state index contributed by atoms with van der Waals surface area (Å²) in [4.78, 5) is 12.2. The molecule has 0 aliphatic carbocycles. The SMILES string of the molecule is COC(C)(C)CNC(=O)C1(CN)CCOCC1. The van der Waals surface area contributed by atoms with E-state index in [1.807, 2.05) is 13.8 Å². The van der Waals surface area contributed by atoms with Gasteiger partial charge in [-0.1, -0.05) is 0 Å². The zero-order valence-corrected chi connectivity index (χ0v) is 11.0. The molecule has 1 heterocycles. The summed E-state index contributed by atoms with van der Waals surface area (Å²) in [7, 11) is 1.64. The lowest BCUT2D eigenvalue weighted by atomic mass is 9.79. The van der Waals surface area contributed by atoms with E-state index in [9.17, 15) is 4.79 Å². The summed E-state index contributed by atoms with van der Waals surface area (Å²) >= 11 is 0. The number of carbonyl (C=O) groups excluding carboxylic acids is 1. The molecule has 0 atom stereocenters. The second-order valence-electron chi connectivity index (χ2n) is 5.24. The smallest absolute Gasteiger partial charge is 0.227 e.